The standard InChI is InChI=1S/C3H10NO4P.2Na/c5-2-1-4-3-9(6,7)8;;/h4-5H,1-3H2,(H2,6,7,8);;. The molecule has 5 nitrogen and oxygen atoms in total. The van der Waals surface area contributed by atoms with Crippen molar-refractivity contribution < 1.29 is 19.5 Å². The Labute approximate surface area is 110 Å². The maximum absolute atomic E-state index is 10.1. The van der Waals surface area contributed by atoms with Crippen LogP contribution in [0.15, 0.2) is 0 Å². The smallest absolute Gasteiger partial charge is 0.339 e. The van der Waals surface area contributed by atoms with Crippen LogP contribution in [-0.2, 0) is 4.57 Å². The minimum Gasteiger partial charge on any atom is -0.395 e. The minimum absolute atomic E-state index is 0. The molecule has 0 aliphatic carbocycles. The number of hydrogen-bond donors (Lipinski definition) is 4. The molecule has 0 saturated heterocycles. The van der Waals surface area contributed by atoms with Gasteiger partial charge in [0.05, 0.1) is 12.9 Å². The predicted octanol–water partition coefficient (Wildman–Crippen LogP) is -2.06. The van der Waals surface area contributed by atoms with Crippen molar-refractivity contribution in [2.75, 3.05) is 19.4 Å². The van der Waals surface area contributed by atoms with Crippen LogP contribution in [0.4, 0.5) is 0 Å². The van der Waals surface area contributed by atoms with Gasteiger partial charge in [0.15, 0.2) is 0 Å². The van der Waals surface area contributed by atoms with Gasteiger partial charge in [0.1, 0.15) is 0 Å². The Morgan fingerprint density at radius 2 is 1.73 bits per heavy atom. The maximum Gasteiger partial charge on any atom is 0.339 e. The fraction of sp³-hybridized carbons (Fsp3) is 1.00. The van der Waals surface area contributed by atoms with E-state index < -0.39 is 7.60 Å². The zero-order chi connectivity index (χ0) is 7.33. The minimum atomic E-state index is -3.92. The summed E-state index contributed by atoms with van der Waals surface area (Å²) in [7, 11) is -3.92. The summed E-state index contributed by atoms with van der Waals surface area (Å²) in [6, 6.07) is 0. The van der Waals surface area contributed by atoms with Gasteiger partial charge in [-0.2, -0.15) is 0 Å². The first-order chi connectivity index (χ1) is 4.06. The van der Waals surface area contributed by atoms with Gasteiger partial charge in [-0.1, -0.05) is 0 Å². The molecule has 0 aliphatic heterocycles. The SMILES string of the molecule is O=P(O)(O)CNCCO.[Na].[Na]. The molecule has 0 aromatic rings. The molecule has 0 atom stereocenters. The first-order valence-electron chi connectivity index (χ1n) is 2.42. The molecule has 0 saturated carbocycles. The Hall–Kier alpha value is 2.07. The third kappa shape index (κ3) is 18.8. The molecule has 0 spiro atoms. The van der Waals surface area contributed by atoms with Crippen LogP contribution in [0.3, 0.4) is 0 Å². The number of rotatable bonds is 4. The van der Waals surface area contributed by atoms with E-state index in [2.05, 4.69) is 5.32 Å². The Morgan fingerprint density at radius 1 is 1.27 bits per heavy atom. The van der Waals surface area contributed by atoms with Gasteiger partial charge in [0.2, 0.25) is 0 Å². The van der Waals surface area contributed by atoms with Crippen LogP contribution < -0.4 is 5.32 Å². The van der Waals surface area contributed by atoms with E-state index in [0.29, 0.717) is 0 Å². The van der Waals surface area contributed by atoms with Gasteiger partial charge in [0, 0.05) is 65.7 Å². The van der Waals surface area contributed by atoms with E-state index in [1.54, 1.807) is 0 Å². The Bertz CT molecular complexity index is 118. The summed E-state index contributed by atoms with van der Waals surface area (Å²) < 4.78 is 10.1. The van der Waals surface area contributed by atoms with Gasteiger partial charge >= 0.3 is 7.60 Å². The van der Waals surface area contributed by atoms with Crippen LogP contribution in [0.2, 0.25) is 0 Å². The molecule has 8 heteroatoms. The molecule has 0 bridgehead atoms. The molecule has 0 rings (SSSR count). The van der Waals surface area contributed by atoms with Crippen LogP contribution in [0.25, 0.3) is 0 Å². The molecule has 2 radical (unpaired) electrons. The molecule has 0 aromatic carbocycles. The van der Waals surface area contributed by atoms with Crippen molar-refractivity contribution in [1.29, 1.82) is 0 Å². The van der Waals surface area contributed by atoms with Gasteiger partial charge < -0.3 is 20.2 Å². The fourth-order valence-corrected chi connectivity index (χ4v) is 0.753. The quantitative estimate of drug-likeness (QED) is 0.238. The monoisotopic (exact) mass is 201 g/mol. The zero-order valence-corrected chi connectivity index (χ0v) is 11.7. The first-order valence-corrected chi connectivity index (χ1v) is 4.22. The second kappa shape index (κ2) is 10.2. The van der Waals surface area contributed by atoms with E-state index in [4.69, 9.17) is 14.9 Å². The average Bonchev–Trinajstić information content (AvgIpc) is 1.63. The Balaban J connectivity index is -0.000000320. The second-order valence-electron chi connectivity index (χ2n) is 1.55. The van der Waals surface area contributed by atoms with E-state index in [9.17, 15) is 4.57 Å². The van der Waals surface area contributed by atoms with Crippen LogP contribution in [0.5, 0.6) is 0 Å². The van der Waals surface area contributed by atoms with Crippen molar-refractivity contribution in [2.24, 2.45) is 0 Å². The summed E-state index contributed by atoms with van der Waals surface area (Å²) in [5.74, 6) is 0. The third-order valence-electron chi connectivity index (χ3n) is 0.606. The number of nitrogens with one attached hydrogen (secondary N) is 1. The molecule has 0 amide bonds. The predicted molar refractivity (Wildman–Crippen MR) is 43.5 cm³/mol. The van der Waals surface area contributed by atoms with Gasteiger partial charge in [-0.15, -0.1) is 0 Å². The van der Waals surface area contributed by atoms with Gasteiger partial charge in [-0.05, 0) is 0 Å². The summed E-state index contributed by atoms with van der Waals surface area (Å²) >= 11 is 0. The average molecular weight is 201 g/mol. The van der Waals surface area contributed by atoms with Crippen LogP contribution >= 0.6 is 7.60 Å². The summed E-state index contributed by atoms with van der Waals surface area (Å²) in [6.07, 6.45) is -0.367. The topological polar surface area (TPSA) is 89.8 Å². The molecule has 4 N–H and O–H groups in total. The van der Waals surface area contributed by atoms with Crippen molar-refractivity contribution >= 4 is 66.7 Å². The molecule has 0 aliphatic rings. The molecular weight excluding hydrogens is 191 g/mol. The van der Waals surface area contributed by atoms with Crippen LogP contribution in [-0.4, -0.2) is 93.4 Å². The fourth-order valence-electron chi connectivity index (χ4n) is 0.304. The molecule has 58 valence electrons. The van der Waals surface area contributed by atoms with Crippen molar-refractivity contribution in [2.45, 2.75) is 0 Å². The summed E-state index contributed by atoms with van der Waals surface area (Å²) in [4.78, 5) is 16.4. The number of aliphatic hydroxyl groups excluding tert-OH is 1. The number of aliphatic hydroxyl groups is 1. The van der Waals surface area contributed by atoms with E-state index in [1.807, 2.05) is 0 Å². The van der Waals surface area contributed by atoms with Crippen LogP contribution in [0.1, 0.15) is 0 Å². The molecule has 0 unspecified atom stereocenters. The molecule has 0 fully saturated rings. The van der Waals surface area contributed by atoms with E-state index >= 15 is 0 Å². The van der Waals surface area contributed by atoms with E-state index in [-0.39, 0.29) is 78.6 Å². The molecular formula is C3H10NNa2O4P. The second-order valence-corrected chi connectivity index (χ2v) is 3.19. The summed E-state index contributed by atoms with van der Waals surface area (Å²) in [6.45, 7) is 0.102. The number of hydrogen-bond acceptors (Lipinski definition) is 3. The first kappa shape index (κ1) is 18.8. The molecule has 0 heterocycles. The van der Waals surface area contributed by atoms with Gasteiger partial charge in [0.25, 0.3) is 0 Å². The zero-order valence-electron chi connectivity index (χ0n) is 6.82. The van der Waals surface area contributed by atoms with Crippen molar-refractivity contribution in [3.63, 3.8) is 0 Å². The van der Waals surface area contributed by atoms with Crippen molar-refractivity contribution in [1.82, 2.24) is 5.32 Å². The van der Waals surface area contributed by atoms with Gasteiger partial charge in [-0.3, -0.25) is 4.57 Å². The summed E-state index contributed by atoms with van der Waals surface area (Å²) in [5.41, 5.74) is 0. The van der Waals surface area contributed by atoms with Crippen molar-refractivity contribution in [3.8, 4) is 0 Å². The van der Waals surface area contributed by atoms with Gasteiger partial charge in [-0.25, -0.2) is 0 Å². The van der Waals surface area contributed by atoms with Crippen LogP contribution in [0, 0.1) is 0 Å². The Kier molecular flexibility index (Phi) is 17.3. The summed E-state index contributed by atoms with van der Waals surface area (Å²) in [5, 5.41) is 10.5. The van der Waals surface area contributed by atoms with E-state index in [0.717, 1.165) is 0 Å². The Morgan fingerprint density at radius 3 is 2.00 bits per heavy atom. The van der Waals surface area contributed by atoms with Crippen molar-refractivity contribution in [3.05, 3.63) is 0 Å². The van der Waals surface area contributed by atoms with E-state index in [1.165, 1.54) is 0 Å². The third-order valence-corrected chi connectivity index (χ3v) is 1.24. The normalized spacial score (nSPS) is 9.73. The molecule has 11 heavy (non-hydrogen) atoms. The largest absolute Gasteiger partial charge is 0.395 e. The molecule has 0 aromatic heterocycles. The maximum atomic E-state index is 10.1.